The summed E-state index contributed by atoms with van der Waals surface area (Å²) in [7, 11) is 0. The Morgan fingerprint density at radius 2 is 1.95 bits per heavy atom. The Morgan fingerprint density at radius 3 is 2.64 bits per heavy atom. The van der Waals surface area contributed by atoms with Gasteiger partial charge in [-0.2, -0.15) is 4.39 Å². The summed E-state index contributed by atoms with van der Waals surface area (Å²) in [5, 5.41) is 10.5. The third-order valence-electron chi connectivity index (χ3n) is 2.80. The molecule has 0 atom stereocenters. The van der Waals surface area contributed by atoms with Crippen molar-refractivity contribution in [1.82, 2.24) is 0 Å². The first-order valence-corrected chi connectivity index (χ1v) is 7.37. The van der Waals surface area contributed by atoms with Gasteiger partial charge in [-0.25, -0.2) is 0 Å². The molecule has 2 rings (SSSR count). The molecule has 4 nitrogen and oxygen atoms in total. The summed E-state index contributed by atoms with van der Waals surface area (Å²) in [5.41, 5.74) is 0.833. The number of carbonyl (C=O) groups is 1. The standard InChI is InChI=1S/C16H12FNO3S/c17-14-8-6-12(10-15(14)18(20)21)7-9-16(19)22-11-13-4-2-1-3-5-13/h1-10H,11H2. The number of carbonyl (C=O) groups excluding carboxylic acids is 1. The fourth-order valence-electron chi connectivity index (χ4n) is 1.71. The monoisotopic (exact) mass is 317 g/mol. The highest BCUT2D eigenvalue weighted by molar-refractivity contribution is 8.13. The van der Waals surface area contributed by atoms with Gasteiger partial charge < -0.3 is 0 Å². The first kappa shape index (κ1) is 15.9. The molecule has 0 bridgehead atoms. The third-order valence-corrected chi connectivity index (χ3v) is 3.70. The van der Waals surface area contributed by atoms with Gasteiger partial charge in [-0.05, 0) is 23.3 Å². The number of rotatable bonds is 5. The molecule has 0 N–H and O–H groups in total. The van der Waals surface area contributed by atoms with Crippen molar-refractivity contribution in [2.24, 2.45) is 0 Å². The van der Waals surface area contributed by atoms with E-state index in [0.717, 1.165) is 29.5 Å². The molecule has 0 saturated heterocycles. The predicted octanol–water partition coefficient (Wildman–Crippen LogP) is 4.21. The Labute approximate surface area is 130 Å². The molecule has 0 radical (unpaired) electrons. The number of halogens is 1. The lowest BCUT2D eigenvalue weighted by molar-refractivity contribution is -0.387. The first-order valence-electron chi connectivity index (χ1n) is 6.39. The molecule has 6 heteroatoms. The first-order chi connectivity index (χ1) is 10.6. The molecule has 0 aliphatic heterocycles. The molecule has 22 heavy (non-hydrogen) atoms. The summed E-state index contributed by atoms with van der Waals surface area (Å²) >= 11 is 1.13. The van der Waals surface area contributed by atoms with Gasteiger partial charge >= 0.3 is 5.69 Å². The van der Waals surface area contributed by atoms with E-state index in [-0.39, 0.29) is 5.12 Å². The molecule has 0 saturated carbocycles. The fourth-order valence-corrected chi connectivity index (χ4v) is 2.38. The second-order valence-electron chi connectivity index (χ2n) is 4.39. The van der Waals surface area contributed by atoms with Crippen LogP contribution in [-0.2, 0) is 10.5 Å². The van der Waals surface area contributed by atoms with E-state index in [0.29, 0.717) is 11.3 Å². The number of nitro benzene ring substituents is 1. The Balaban J connectivity index is 1.98. The molecular formula is C16H12FNO3S. The van der Waals surface area contributed by atoms with Gasteiger partial charge in [0.25, 0.3) is 0 Å². The average Bonchev–Trinajstić information content (AvgIpc) is 2.53. The van der Waals surface area contributed by atoms with Crippen LogP contribution in [0.15, 0.2) is 54.6 Å². The summed E-state index contributed by atoms with van der Waals surface area (Å²) in [6.07, 6.45) is 2.76. The van der Waals surface area contributed by atoms with Crippen molar-refractivity contribution in [1.29, 1.82) is 0 Å². The largest absolute Gasteiger partial charge is 0.305 e. The van der Waals surface area contributed by atoms with Crippen molar-refractivity contribution in [3.05, 3.63) is 81.7 Å². The smallest absolute Gasteiger partial charge is 0.282 e. The summed E-state index contributed by atoms with van der Waals surface area (Å²) in [4.78, 5) is 21.6. The minimum atomic E-state index is -0.896. The Bertz CT molecular complexity index is 717. The second kappa shape index (κ2) is 7.51. The summed E-state index contributed by atoms with van der Waals surface area (Å²) in [6.45, 7) is 0. The van der Waals surface area contributed by atoms with Crippen molar-refractivity contribution < 1.29 is 14.1 Å². The Hall–Kier alpha value is -2.47. The normalized spacial score (nSPS) is 10.8. The molecule has 0 unspecified atom stereocenters. The quantitative estimate of drug-likeness (QED) is 0.471. The van der Waals surface area contributed by atoms with Crippen LogP contribution in [0, 0.1) is 15.9 Å². The van der Waals surface area contributed by atoms with Crippen LogP contribution in [0.3, 0.4) is 0 Å². The SMILES string of the molecule is O=C(C=Cc1ccc(F)c([N+](=O)[O-])c1)SCc1ccccc1. The maximum Gasteiger partial charge on any atom is 0.305 e. The molecule has 0 aliphatic rings. The molecule has 0 spiro atoms. The average molecular weight is 317 g/mol. The maximum atomic E-state index is 13.2. The fraction of sp³-hybridized carbons (Fsp3) is 0.0625. The van der Waals surface area contributed by atoms with Gasteiger partial charge in [0, 0.05) is 11.8 Å². The number of thioether (sulfide) groups is 1. The molecule has 112 valence electrons. The van der Waals surface area contributed by atoms with Gasteiger partial charge in [0.05, 0.1) is 4.92 Å². The lowest BCUT2D eigenvalue weighted by atomic mass is 10.2. The Morgan fingerprint density at radius 1 is 1.23 bits per heavy atom. The highest BCUT2D eigenvalue weighted by Gasteiger charge is 2.13. The number of nitrogens with zero attached hydrogens (tertiary/aromatic N) is 1. The van der Waals surface area contributed by atoms with Crippen LogP contribution < -0.4 is 0 Å². The minimum absolute atomic E-state index is 0.171. The Kier molecular flexibility index (Phi) is 5.43. The molecule has 0 fully saturated rings. The zero-order valence-electron chi connectivity index (χ0n) is 11.4. The van der Waals surface area contributed by atoms with E-state index in [1.54, 1.807) is 0 Å². The van der Waals surface area contributed by atoms with E-state index in [1.165, 1.54) is 18.2 Å². The van der Waals surface area contributed by atoms with Crippen LogP contribution in [0.25, 0.3) is 6.08 Å². The second-order valence-corrected chi connectivity index (χ2v) is 5.37. The van der Waals surface area contributed by atoms with Crippen LogP contribution in [0.1, 0.15) is 11.1 Å². The summed E-state index contributed by atoms with van der Waals surface area (Å²) < 4.78 is 13.2. The van der Waals surface area contributed by atoms with E-state index in [1.807, 2.05) is 30.3 Å². The van der Waals surface area contributed by atoms with E-state index in [2.05, 4.69) is 0 Å². The summed E-state index contributed by atoms with van der Waals surface area (Å²) in [5.74, 6) is -0.347. The van der Waals surface area contributed by atoms with Crippen LogP contribution in [0.5, 0.6) is 0 Å². The predicted molar refractivity (Wildman–Crippen MR) is 84.8 cm³/mol. The number of benzene rings is 2. The number of hydrogen-bond acceptors (Lipinski definition) is 4. The zero-order valence-corrected chi connectivity index (χ0v) is 12.3. The molecule has 2 aromatic rings. The molecule has 0 aliphatic carbocycles. The molecular weight excluding hydrogens is 305 g/mol. The van der Waals surface area contributed by atoms with Crippen molar-refractivity contribution >= 4 is 28.6 Å². The zero-order chi connectivity index (χ0) is 15.9. The number of hydrogen-bond donors (Lipinski definition) is 0. The van der Waals surface area contributed by atoms with Gasteiger partial charge in [0.15, 0.2) is 0 Å². The van der Waals surface area contributed by atoms with Gasteiger partial charge in [-0.15, -0.1) is 0 Å². The van der Waals surface area contributed by atoms with Crippen LogP contribution >= 0.6 is 11.8 Å². The van der Waals surface area contributed by atoms with Crippen LogP contribution in [0.2, 0.25) is 0 Å². The topological polar surface area (TPSA) is 60.2 Å². The van der Waals surface area contributed by atoms with Gasteiger partial charge in [0.1, 0.15) is 0 Å². The third kappa shape index (κ3) is 4.53. The molecule has 2 aromatic carbocycles. The highest BCUT2D eigenvalue weighted by atomic mass is 32.2. The van der Waals surface area contributed by atoms with Crippen molar-refractivity contribution in [2.45, 2.75) is 5.75 Å². The van der Waals surface area contributed by atoms with Gasteiger partial charge in [-0.3, -0.25) is 14.9 Å². The number of nitro groups is 1. The maximum absolute atomic E-state index is 13.2. The van der Waals surface area contributed by atoms with Crippen molar-refractivity contribution in [3.8, 4) is 0 Å². The highest BCUT2D eigenvalue weighted by Crippen LogP contribution is 2.20. The van der Waals surface area contributed by atoms with Gasteiger partial charge in [0.2, 0.25) is 10.9 Å². The minimum Gasteiger partial charge on any atom is -0.282 e. The lowest BCUT2D eigenvalue weighted by Crippen LogP contribution is -1.93. The van der Waals surface area contributed by atoms with Crippen molar-refractivity contribution in [2.75, 3.05) is 0 Å². The van der Waals surface area contributed by atoms with Crippen LogP contribution in [0.4, 0.5) is 10.1 Å². The van der Waals surface area contributed by atoms with Gasteiger partial charge in [-0.1, -0.05) is 54.2 Å². The molecule has 0 amide bonds. The van der Waals surface area contributed by atoms with E-state index >= 15 is 0 Å². The van der Waals surface area contributed by atoms with E-state index in [9.17, 15) is 19.3 Å². The van der Waals surface area contributed by atoms with E-state index < -0.39 is 16.4 Å². The molecule has 0 heterocycles. The lowest BCUT2D eigenvalue weighted by Gasteiger charge is -1.98. The molecule has 0 aromatic heterocycles. The van der Waals surface area contributed by atoms with Crippen molar-refractivity contribution in [3.63, 3.8) is 0 Å². The van der Waals surface area contributed by atoms with Crippen LogP contribution in [-0.4, -0.2) is 10.0 Å². The summed E-state index contributed by atoms with van der Waals surface area (Å²) in [6, 6.07) is 13.0. The van der Waals surface area contributed by atoms with E-state index in [4.69, 9.17) is 0 Å².